The Hall–Kier alpha value is -1.89. The van der Waals surface area contributed by atoms with E-state index in [1.165, 1.54) is 12.1 Å². The summed E-state index contributed by atoms with van der Waals surface area (Å²) in [6, 6.07) is 15.4. The van der Waals surface area contributed by atoms with E-state index in [1.54, 1.807) is 24.3 Å². The van der Waals surface area contributed by atoms with Crippen LogP contribution in [-0.4, -0.2) is 26.7 Å². The van der Waals surface area contributed by atoms with E-state index in [0.29, 0.717) is 11.3 Å². The minimum Gasteiger partial charge on any atom is -0.492 e. The molecule has 0 fully saturated rings. The Morgan fingerprint density at radius 1 is 1.05 bits per heavy atom. The Morgan fingerprint density at radius 2 is 1.81 bits per heavy atom. The van der Waals surface area contributed by atoms with Gasteiger partial charge in [-0.25, -0.2) is 13.1 Å². The Bertz CT molecular complexity index is 671. The molecular weight excluding hydrogens is 290 g/mol. The Labute approximate surface area is 124 Å². The molecule has 5 nitrogen and oxygen atoms in total. The summed E-state index contributed by atoms with van der Waals surface area (Å²) in [4.78, 5) is 0.133. The lowest BCUT2D eigenvalue weighted by atomic mass is 10.2. The van der Waals surface area contributed by atoms with Gasteiger partial charge in [0.25, 0.3) is 0 Å². The van der Waals surface area contributed by atoms with Crippen LogP contribution in [0.5, 0.6) is 5.75 Å². The molecule has 2 rings (SSSR count). The summed E-state index contributed by atoms with van der Waals surface area (Å²) >= 11 is 0. The minimum absolute atomic E-state index is 0.133. The van der Waals surface area contributed by atoms with Crippen molar-refractivity contribution in [2.75, 3.05) is 13.2 Å². The fourth-order valence-corrected chi connectivity index (χ4v) is 2.84. The molecule has 0 atom stereocenters. The van der Waals surface area contributed by atoms with Gasteiger partial charge in [0.15, 0.2) is 0 Å². The number of aliphatic hydroxyl groups is 1. The SMILES string of the molecule is O=S(=O)(NCCOc1ccccc1)c1cccc(CO)c1. The van der Waals surface area contributed by atoms with Crippen molar-refractivity contribution in [3.05, 3.63) is 60.2 Å². The first-order chi connectivity index (χ1) is 10.1. The monoisotopic (exact) mass is 307 g/mol. The number of ether oxygens (including phenoxy) is 1. The summed E-state index contributed by atoms with van der Waals surface area (Å²) in [5.74, 6) is 0.693. The number of para-hydroxylation sites is 1. The first kappa shape index (κ1) is 15.5. The third-order valence-corrected chi connectivity index (χ3v) is 4.26. The number of nitrogens with one attached hydrogen (secondary N) is 1. The van der Waals surface area contributed by atoms with E-state index in [-0.39, 0.29) is 24.7 Å². The smallest absolute Gasteiger partial charge is 0.240 e. The summed E-state index contributed by atoms with van der Waals surface area (Å²) in [6.07, 6.45) is 0. The molecule has 2 aromatic carbocycles. The zero-order chi connectivity index (χ0) is 15.1. The molecule has 0 spiro atoms. The summed E-state index contributed by atoms with van der Waals surface area (Å²) in [6.45, 7) is 0.212. The van der Waals surface area contributed by atoms with Crippen LogP contribution >= 0.6 is 0 Å². The Morgan fingerprint density at radius 3 is 2.52 bits per heavy atom. The van der Waals surface area contributed by atoms with Gasteiger partial charge in [0.05, 0.1) is 11.5 Å². The predicted molar refractivity (Wildman–Crippen MR) is 79.5 cm³/mol. The highest BCUT2D eigenvalue weighted by Gasteiger charge is 2.13. The van der Waals surface area contributed by atoms with Crippen molar-refractivity contribution in [1.82, 2.24) is 4.72 Å². The third kappa shape index (κ3) is 4.56. The fourth-order valence-electron chi connectivity index (χ4n) is 1.76. The van der Waals surface area contributed by atoms with E-state index in [9.17, 15) is 8.42 Å². The molecule has 0 aliphatic rings. The quantitative estimate of drug-likeness (QED) is 0.761. The van der Waals surface area contributed by atoms with Crippen LogP contribution in [0.1, 0.15) is 5.56 Å². The number of sulfonamides is 1. The average molecular weight is 307 g/mol. The van der Waals surface area contributed by atoms with E-state index < -0.39 is 10.0 Å². The molecule has 21 heavy (non-hydrogen) atoms. The van der Waals surface area contributed by atoms with E-state index >= 15 is 0 Å². The lowest BCUT2D eigenvalue weighted by molar-refractivity contribution is 0.281. The molecule has 0 radical (unpaired) electrons. The molecular formula is C15H17NO4S. The number of hydrogen-bond acceptors (Lipinski definition) is 4. The maximum absolute atomic E-state index is 12.1. The Balaban J connectivity index is 1.89. The van der Waals surface area contributed by atoms with E-state index in [0.717, 1.165) is 0 Å². The first-order valence-electron chi connectivity index (χ1n) is 6.49. The molecule has 0 unspecified atom stereocenters. The van der Waals surface area contributed by atoms with Crippen LogP contribution in [0.4, 0.5) is 0 Å². The Kier molecular flexibility index (Phi) is 5.32. The average Bonchev–Trinajstić information content (AvgIpc) is 2.53. The van der Waals surface area contributed by atoms with Gasteiger partial charge < -0.3 is 9.84 Å². The van der Waals surface area contributed by atoms with Crippen molar-refractivity contribution in [2.24, 2.45) is 0 Å². The van der Waals surface area contributed by atoms with Crippen LogP contribution in [0, 0.1) is 0 Å². The van der Waals surface area contributed by atoms with Crippen molar-refractivity contribution in [2.45, 2.75) is 11.5 Å². The lowest BCUT2D eigenvalue weighted by Crippen LogP contribution is -2.28. The highest BCUT2D eigenvalue weighted by molar-refractivity contribution is 7.89. The van der Waals surface area contributed by atoms with Crippen molar-refractivity contribution in [3.8, 4) is 5.75 Å². The first-order valence-corrected chi connectivity index (χ1v) is 7.97. The molecule has 2 aromatic rings. The van der Waals surface area contributed by atoms with Gasteiger partial charge in [0.1, 0.15) is 12.4 Å². The van der Waals surface area contributed by atoms with Crippen LogP contribution < -0.4 is 9.46 Å². The number of benzene rings is 2. The van der Waals surface area contributed by atoms with Crippen molar-refractivity contribution < 1.29 is 18.3 Å². The molecule has 0 bridgehead atoms. The van der Waals surface area contributed by atoms with Gasteiger partial charge in [0.2, 0.25) is 10.0 Å². The molecule has 6 heteroatoms. The summed E-state index contributed by atoms with van der Waals surface area (Å²) < 4.78 is 32.0. The van der Waals surface area contributed by atoms with Gasteiger partial charge in [-0.2, -0.15) is 0 Å². The molecule has 0 saturated carbocycles. The van der Waals surface area contributed by atoms with Crippen LogP contribution in [0.3, 0.4) is 0 Å². The minimum atomic E-state index is -3.59. The van der Waals surface area contributed by atoms with Gasteiger partial charge >= 0.3 is 0 Å². The maximum atomic E-state index is 12.1. The number of aliphatic hydroxyl groups excluding tert-OH is 1. The highest BCUT2D eigenvalue weighted by atomic mass is 32.2. The predicted octanol–water partition coefficient (Wildman–Crippen LogP) is 1.54. The largest absolute Gasteiger partial charge is 0.492 e. The lowest BCUT2D eigenvalue weighted by Gasteiger charge is -2.09. The van der Waals surface area contributed by atoms with Gasteiger partial charge in [0, 0.05) is 6.54 Å². The molecule has 0 aliphatic heterocycles. The molecule has 0 saturated heterocycles. The standard InChI is InChI=1S/C15H17NO4S/c17-12-13-5-4-8-15(11-13)21(18,19)16-9-10-20-14-6-2-1-3-7-14/h1-8,11,16-17H,9-10,12H2. The van der Waals surface area contributed by atoms with Crippen LogP contribution in [0.2, 0.25) is 0 Å². The summed E-state index contributed by atoms with van der Waals surface area (Å²) in [7, 11) is -3.59. The molecule has 0 amide bonds. The molecule has 112 valence electrons. The third-order valence-electron chi connectivity index (χ3n) is 2.80. The normalized spacial score (nSPS) is 11.3. The second-order valence-electron chi connectivity index (χ2n) is 4.36. The van der Waals surface area contributed by atoms with Crippen LogP contribution in [0.15, 0.2) is 59.5 Å². The second-order valence-corrected chi connectivity index (χ2v) is 6.13. The number of rotatable bonds is 7. The topological polar surface area (TPSA) is 75.6 Å². The summed E-state index contributed by atoms with van der Waals surface area (Å²) in [5, 5.41) is 9.03. The van der Waals surface area contributed by atoms with Crippen molar-refractivity contribution in [1.29, 1.82) is 0 Å². The van der Waals surface area contributed by atoms with E-state index in [2.05, 4.69) is 4.72 Å². The van der Waals surface area contributed by atoms with Gasteiger partial charge in [-0.05, 0) is 29.8 Å². The van der Waals surface area contributed by atoms with E-state index in [1.807, 2.05) is 18.2 Å². The molecule has 0 aromatic heterocycles. The fraction of sp³-hybridized carbons (Fsp3) is 0.200. The van der Waals surface area contributed by atoms with E-state index in [4.69, 9.17) is 9.84 Å². The molecule has 0 heterocycles. The van der Waals surface area contributed by atoms with Crippen molar-refractivity contribution >= 4 is 10.0 Å². The molecule has 2 N–H and O–H groups in total. The number of hydrogen-bond donors (Lipinski definition) is 2. The molecule has 0 aliphatic carbocycles. The second kappa shape index (κ2) is 7.21. The highest BCUT2D eigenvalue weighted by Crippen LogP contribution is 2.11. The van der Waals surface area contributed by atoms with Crippen LogP contribution in [-0.2, 0) is 16.6 Å². The maximum Gasteiger partial charge on any atom is 0.240 e. The zero-order valence-corrected chi connectivity index (χ0v) is 12.2. The van der Waals surface area contributed by atoms with Crippen molar-refractivity contribution in [3.63, 3.8) is 0 Å². The van der Waals surface area contributed by atoms with Gasteiger partial charge in [-0.15, -0.1) is 0 Å². The summed E-state index contributed by atoms with van der Waals surface area (Å²) in [5.41, 5.74) is 0.554. The van der Waals surface area contributed by atoms with Gasteiger partial charge in [-0.1, -0.05) is 30.3 Å². The zero-order valence-electron chi connectivity index (χ0n) is 11.4. The van der Waals surface area contributed by atoms with Crippen LogP contribution in [0.25, 0.3) is 0 Å². The van der Waals surface area contributed by atoms with Gasteiger partial charge in [-0.3, -0.25) is 0 Å².